The molecular weight excluding hydrogens is 254 g/mol. The first-order chi connectivity index (χ1) is 8.69. The Bertz CT molecular complexity index is 399. The van der Waals surface area contributed by atoms with Crippen LogP contribution in [0.1, 0.15) is 18.7 Å². The Morgan fingerprint density at radius 1 is 1.44 bits per heavy atom. The van der Waals surface area contributed by atoms with E-state index in [0.717, 1.165) is 12.6 Å². The van der Waals surface area contributed by atoms with Gasteiger partial charge >= 0.3 is 0 Å². The standard InChI is InChI=1S/C12H18ClN3O2/c1-16(9-3-4-9)5-6-18-12-7-10(13)14-11(15-12)8-17-2/h7,9H,3-6,8H2,1-2H3. The van der Waals surface area contributed by atoms with Crippen LogP contribution in [0.5, 0.6) is 5.88 Å². The van der Waals surface area contributed by atoms with Crippen molar-refractivity contribution in [3.63, 3.8) is 0 Å². The number of methoxy groups -OCH3 is 1. The highest BCUT2D eigenvalue weighted by atomic mass is 35.5. The normalized spacial score (nSPS) is 15.1. The van der Waals surface area contributed by atoms with E-state index in [2.05, 4.69) is 21.9 Å². The Hall–Kier alpha value is -0.910. The van der Waals surface area contributed by atoms with Crippen molar-refractivity contribution < 1.29 is 9.47 Å². The molecule has 0 bridgehead atoms. The highest BCUT2D eigenvalue weighted by Crippen LogP contribution is 2.24. The van der Waals surface area contributed by atoms with E-state index in [4.69, 9.17) is 21.1 Å². The van der Waals surface area contributed by atoms with Crippen LogP contribution in [0.15, 0.2) is 6.07 Å². The molecule has 18 heavy (non-hydrogen) atoms. The monoisotopic (exact) mass is 271 g/mol. The van der Waals surface area contributed by atoms with Crippen LogP contribution in [0.2, 0.25) is 5.15 Å². The van der Waals surface area contributed by atoms with Gasteiger partial charge in [0.2, 0.25) is 5.88 Å². The zero-order chi connectivity index (χ0) is 13.0. The molecule has 0 N–H and O–H groups in total. The molecule has 1 fully saturated rings. The molecule has 1 aliphatic carbocycles. The minimum Gasteiger partial charge on any atom is -0.476 e. The first-order valence-corrected chi connectivity index (χ1v) is 6.42. The Labute approximate surface area is 112 Å². The van der Waals surface area contributed by atoms with Gasteiger partial charge in [0.05, 0.1) is 0 Å². The second-order valence-corrected chi connectivity index (χ2v) is 4.83. The molecule has 6 heteroatoms. The maximum atomic E-state index is 5.89. The van der Waals surface area contributed by atoms with Crippen molar-refractivity contribution in [3.05, 3.63) is 17.0 Å². The van der Waals surface area contributed by atoms with Gasteiger partial charge < -0.3 is 14.4 Å². The third-order valence-electron chi connectivity index (χ3n) is 2.86. The minimum absolute atomic E-state index is 0.332. The molecule has 0 radical (unpaired) electrons. The lowest BCUT2D eigenvalue weighted by molar-refractivity contribution is 0.175. The molecular formula is C12H18ClN3O2. The molecule has 1 saturated carbocycles. The predicted octanol–water partition coefficient (Wildman–Crippen LogP) is 1.75. The van der Waals surface area contributed by atoms with E-state index in [-0.39, 0.29) is 0 Å². The van der Waals surface area contributed by atoms with Gasteiger partial charge in [-0.2, -0.15) is 4.98 Å². The van der Waals surface area contributed by atoms with Crippen LogP contribution in [0.25, 0.3) is 0 Å². The van der Waals surface area contributed by atoms with Gasteiger partial charge in [0, 0.05) is 25.8 Å². The van der Waals surface area contributed by atoms with Crippen LogP contribution in [0.3, 0.4) is 0 Å². The van der Waals surface area contributed by atoms with Crippen molar-refractivity contribution in [2.75, 3.05) is 27.3 Å². The lowest BCUT2D eigenvalue weighted by Crippen LogP contribution is -2.26. The highest BCUT2D eigenvalue weighted by Gasteiger charge is 2.25. The topological polar surface area (TPSA) is 47.5 Å². The van der Waals surface area contributed by atoms with Gasteiger partial charge in [-0.1, -0.05) is 11.6 Å². The van der Waals surface area contributed by atoms with Gasteiger partial charge in [-0.05, 0) is 19.9 Å². The lowest BCUT2D eigenvalue weighted by Gasteiger charge is -2.15. The predicted molar refractivity (Wildman–Crippen MR) is 68.9 cm³/mol. The molecule has 1 heterocycles. The zero-order valence-electron chi connectivity index (χ0n) is 10.7. The van der Waals surface area contributed by atoms with Crippen LogP contribution < -0.4 is 4.74 Å². The molecule has 0 saturated heterocycles. The molecule has 100 valence electrons. The van der Waals surface area contributed by atoms with Crippen molar-refractivity contribution in [1.82, 2.24) is 14.9 Å². The average molecular weight is 272 g/mol. The maximum absolute atomic E-state index is 5.89. The molecule has 0 aliphatic heterocycles. The summed E-state index contributed by atoms with van der Waals surface area (Å²) in [5.41, 5.74) is 0. The van der Waals surface area contributed by atoms with Gasteiger partial charge in [0.25, 0.3) is 0 Å². The van der Waals surface area contributed by atoms with Gasteiger partial charge in [-0.15, -0.1) is 0 Å². The highest BCUT2D eigenvalue weighted by molar-refractivity contribution is 6.29. The van der Waals surface area contributed by atoms with Crippen LogP contribution in [0, 0.1) is 0 Å². The number of nitrogens with zero attached hydrogens (tertiary/aromatic N) is 3. The van der Waals surface area contributed by atoms with E-state index in [0.29, 0.717) is 30.1 Å². The van der Waals surface area contributed by atoms with E-state index in [1.165, 1.54) is 12.8 Å². The van der Waals surface area contributed by atoms with Gasteiger partial charge in [-0.25, -0.2) is 4.98 Å². The summed E-state index contributed by atoms with van der Waals surface area (Å²) in [6.45, 7) is 1.83. The maximum Gasteiger partial charge on any atom is 0.218 e. The number of halogens is 1. The summed E-state index contributed by atoms with van der Waals surface area (Å²) in [6.07, 6.45) is 2.60. The van der Waals surface area contributed by atoms with E-state index < -0.39 is 0 Å². The van der Waals surface area contributed by atoms with Crippen LogP contribution in [0.4, 0.5) is 0 Å². The van der Waals surface area contributed by atoms with Gasteiger partial charge in [0.15, 0.2) is 5.82 Å². The lowest BCUT2D eigenvalue weighted by atomic mass is 10.5. The molecule has 1 aromatic heterocycles. The summed E-state index contributed by atoms with van der Waals surface area (Å²) in [5.74, 6) is 1.04. The van der Waals surface area contributed by atoms with Crippen molar-refractivity contribution >= 4 is 11.6 Å². The van der Waals surface area contributed by atoms with E-state index in [1.54, 1.807) is 13.2 Å². The minimum atomic E-state index is 0.332. The molecule has 0 amide bonds. The van der Waals surface area contributed by atoms with Crippen molar-refractivity contribution in [1.29, 1.82) is 0 Å². The fourth-order valence-corrected chi connectivity index (χ4v) is 1.89. The second-order valence-electron chi connectivity index (χ2n) is 4.44. The number of hydrogen-bond donors (Lipinski definition) is 0. The van der Waals surface area contributed by atoms with Crippen molar-refractivity contribution in [3.8, 4) is 5.88 Å². The third-order valence-corrected chi connectivity index (χ3v) is 3.05. The van der Waals surface area contributed by atoms with Crippen molar-refractivity contribution in [2.45, 2.75) is 25.5 Å². The molecule has 2 rings (SSSR count). The molecule has 0 spiro atoms. The Morgan fingerprint density at radius 2 is 2.22 bits per heavy atom. The van der Waals surface area contributed by atoms with Crippen LogP contribution in [-0.2, 0) is 11.3 Å². The van der Waals surface area contributed by atoms with E-state index in [1.807, 2.05) is 0 Å². The van der Waals surface area contributed by atoms with E-state index in [9.17, 15) is 0 Å². The number of ether oxygens (including phenoxy) is 2. The number of aromatic nitrogens is 2. The fourth-order valence-electron chi connectivity index (χ4n) is 1.70. The molecule has 0 unspecified atom stereocenters. The Morgan fingerprint density at radius 3 is 2.89 bits per heavy atom. The summed E-state index contributed by atoms with van der Waals surface area (Å²) >= 11 is 5.89. The molecule has 1 aliphatic rings. The largest absolute Gasteiger partial charge is 0.476 e. The van der Waals surface area contributed by atoms with Gasteiger partial charge in [-0.3, -0.25) is 0 Å². The van der Waals surface area contributed by atoms with E-state index >= 15 is 0 Å². The summed E-state index contributed by atoms with van der Waals surface area (Å²) < 4.78 is 10.6. The zero-order valence-corrected chi connectivity index (χ0v) is 11.5. The molecule has 1 aromatic rings. The van der Waals surface area contributed by atoms with Gasteiger partial charge in [0.1, 0.15) is 18.4 Å². The second kappa shape index (κ2) is 6.31. The average Bonchev–Trinajstić information content (AvgIpc) is 3.12. The number of rotatable bonds is 7. The summed E-state index contributed by atoms with van der Waals surface area (Å²) in [7, 11) is 3.71. The third kappa shape index (κ3) is 4.08. The van der Waals surface area contributed by atoms with Crippen LogP contribution in [-0.4, -0.2) is 48.2 Å². The van der Waals surface area contributed by atoms with Crippen molar-refractivity contribution in [2.24, 2.45) is 0 Å². The number of hydrogen-bond acceptors (Lipinski definition) is 5. The molecule has 0 aromatic carbocycles. The SMILES string of the molecule is COCc1nc(Cl)cc(OCCN(C)C2CC2)n1. The summed E-state index contributed by atoms with van der Waals surface area (Å²) in [6, 6.07) is 2.37. The fraction of sp³-hybridized carbons (Fsp3) is 0.667. The Balaban J connectivity index is 1.83. The summed E-state index contributed by atoms with van der Waals surface area (Å²) in [5, 5.41) is 0.377. The number of likely N-dealkylation sites (N-methyl/N-ethyl adjacent to an activating group) is 1. The summed E-state index contributed by atoms with van der Waals surface area (Å²) in [4.78, 5) is 10.6. The first kappa shape index (κ1) is 13.5. The van der Waals surface area contributed by atoms with Crippen LogP contribution >= 0.6 is 11.6 Å². The molecule has 0 atom stereocenters. The molecule has 5 nitrogen and oxygen atoms in total. The Kier molecular flexibility index (Phi) is 4.74. The smallest absolute Gasteiger partial charge is 0.218 e. The first-order valence-electron chi connectivity index (χ1n) is 6.04. The quantitative estimate of drug-likeness (QED) is 0.707.